The second kappa shape index (κ2) is 3.99. The van der Waals surface area contributed by atoms with Crippen molar-refractivity contribution in [2.75, 3.05) is 0 Å². The Morgan fingerprint density at radius 1 is 1.12 bits per heavy atom. The molecule has 0 saturated heterocycles. The van der Waals surface area contributed by atoms with Gasteiger partial charge in [0.05, 0.1) is 5.69 Å². The van der Waals surface area contributed by atoms with Gasteiger partial charge in [0.15, 0.2) is 0 Å². The molecule has 1 fully saturated rings. The van der Waals surface area contributed by atoms with Gasteiger partial charge in [-0.05, 0) is 12.8 Å². The first-order chi connectivity index (χ1) is 8.36. The van der Waals surface area contributed by atoms with E-state index in [2.05, 4.69) is 16.0 Å². The fourth-order valence-corrected chi connectivity index (χ4v) is 1.80. The van der Waals surface area contributed by atoms with Crippen LogP contribution in [-0.4, -0.2) is 9.97 Å². The van der Waals surface area contributed by atoms with Crippen molar-refractivity contribution in [3.8, 4) is 17.3 Å². The van der Waals surface area contributed by atoms with E-state index in [-0.39, 0.29) is 0 Å². The fraction of sp³-hybridized carbons (Fsp3) is 0.214. The Labute approximate surface area is 99.8 Å². The van der Waals surface area contributed by atoms with E-state index in [4.69, 9.17) is 5.26 Å². The molecule has 2 aromatic rings. The summed E-state index contributed by atoms with van der Waals surface area (Å²) in [4.78, 5) is 8.82. The lowest BCUT2D eigenvalue weighted by molar-refractivity contribution is 0.922. The molecule has 1 aliphatic rings. The summed E-state index contributed by atoms with van der Waals surface area (Å²) in [6.45, 7) is 0. The molecule has 1 aromatic heterocycles. The zero-order valence-corrected chi connectivity index (χ0v) is 9.30. The molecule has 0 unspecified atom stereocenters. The van der Waals surface area contributed by atoms with Gasteiger partial charge >= 0.3 is 0 Å². The summed E-state index contributed by atoms with van der Waals surface area (Å²) in [5, 5.41) is 9.00. The van der Waals surface area contributed by atoms with Gasteiger partial charge in [-0.3, -0.25) is 0 Å². The molecule has 1 heterocycles. The maximum absolute atomic E-state index is 9.00. The molecule has 1 saturated carbocycles. The lowest BCUT2D eigenvalue weighted by atomic mass is 10.1. The topological polar surface area (TPSA) is 49.6 Å². The Balaban J connectivity index is 2.10. The first kappa shape index (κ1) is 9.98. The number of hydrogen-bond acceptors (Lipinski definition) is 3. The molecule has 0 spiro atoms. The van der Waals surface area contributed by atoms with Gasteiger partial charge in [0.25, 0.3) is 0 Å². The highest BCUT2D eigenvalue weighted by molar-refractivity contribution is 5.60. The van der Waals surface area contributed by atoms with Crippen molar-refractivity contribution in [1.29, 1.82) is 5.26 Å². The second-order valence-electron chi connectivity index (χ2n) is 4.25. The molecule has 3 rings (SSSR count). The van der Waals surface area contributed by atoms with Crippen LogP contribution in [0.3, 0.4) is 0 Å². The van der Waals surface area contributed by atoms with Gasteiger partial charge in [-0.25, -0.2) is 9.97 Å². The number of hydrogen-bond donors (Lipinski definition) is 0. The standard InChI is InChI=1S/C14H11N3/c15-9-12-8-13(10-4-2-1-3-5-10)17-14(16-12)11-6-7-11/h1-5,8,11H,6-7H2. The summed E-state index contributed by atoms with van der Waals surface area (Å²) in [7, 11) is 0. The average Bonchev–Trinajstić information content (AvgIpc) is 3.23. The molecular formula is C14H11N3. The quantitative estimate of drug-likeness (QED) is 0.783. The van der Waals surface area contributed by atoms with Crippen LogP contribution in [0, 0.1) is 11.3 Å². The van der Waals surface area contributed by atoms with Gasteiger partial charge in [-0.1, -0.05) is 30.3 Å². The average molecular weight is 221 g/mol. The van der Waals surface area contributed by atoms with Gasteiger partial charge in [-0.15, -0.1) is 0 Å². The predicted molar refractivity (Wildman–Crippen MR) is 64.2 cm³/mol. The molecule has 17 heavy (non-hydrogen) atoms. The first-order valence-corrected chi connectivity index (χ1v) is 5.71. The zero-order valence-electron chi connectivity index (χ0n) is 9.30. The van der Waals surface area contributed by atoms with E-state index < -0.39 is 0 Å². The molecule has 1 aromatic carbocycles. The maximum Gasteiger partial charge on any atom is 0.144 e. The van der Waals surface area contributed by atoms with E-state index in [0.717, 1.165) is 29.9 Å². The van der Waals surface area contributed by atoms with Gasteiger partial charge in [0.1, 0.15) is 17.6 Å². The van der Waals surface area contributed by atoms with Crippen LogP contribution in [0.4, 0.5) is 0 Å². The number of rotatable bonds is 2. The van der Waals surface area contributed by atoms with E-state index in [1.807, 2.05) is 30.3 Å². The molecule has 0 radical (unpaired) electrons. The summed E-state index contributed by atoms with van der Waals surface area (Å²) in [5.74, 6) is 1.29. The lowest BCUT2D eigenvalue weighted by Gasteiger charge is -2.04. The van der Waals surface area contributed by atoms with Crippen LogP contribution in [0.1, 0.15) is 30.3 Å². The molecule has 82 valence electrons. The van der Waals surface area contributed by atoms with E-state index in [1.165, 1.54) is 0 Å². The fourth-order valence-electron chi connectivity index (χ4n) is 1.80. The van der Waals surface area contributed by atoms with Gasteiger partial charge in [0, 0.05) is 17.5 Å². The number of nitrogens with zero attached hydrogens (tertiary/aromatic N) is 3. The Hall–Kier alpha value is -2.21. The predicted octanol–water partition coefficient (Wildman–Crippen LogP) is 2.89. The van der Waals surface area contributed by atoms with Crippen LogP contribution in [0.5, 0.6) is 0 Å². The van der Waals surface area contributed by atoms with Crippen molar-refractivity contribution < 1.29 is 0 Å². The molecule has 1 aliphatic carbocycles. The number of benzene rings is 1. The van der Waals surface area contributed by atoms with Crippen LogP contribution in [-0.2, 0) is 0 Å². The van der Waals surface area contributed by atoms with Gasteiger partial charge < -0.3 is 0 Å². The molecule has 0 amide bonds. The van der Waals surface area contributed by atoms with E-state index in [9.17, 15) is 0 Å². The molecule has 0 aliphatic heterocycles. The molecule has 3 nitrogen and oxygen atoms in total. The van der Waals surface area contributed by atoms with Crippen LogP contribution in [0.2, 0.25) is 0 Å². The highest BCUT2D eigenvalue weighted by Gasteiger charge is 2.27. The molecule has 3 heteroatoms. The lowest BCUT2D eigenvalue weighted by Crippen LogP contribution is -1.97. The molecule has 0 bridgehead atoms. The summed E-state index contributed by atoms with van der Waals surface area (Å²) < 4.78 is 0. The Morgan fingerprint density at radius 3 is 2.53 bits per heavy atom. The van der Waals surface area contributed by atoms with Gasteiger partial charge in [0.2, 0.25) is 0 Å². The number of aromatic nitrogens is 2. The Bertz CT molecular complexity index is 580. The van der Waals surface area contributed by atoms with E-state index in [1.54, 1.807) is 6.07 Å². The van der Waals surface area contributed by atoms with Crippen LogP contribution >= 0.6 is 0 Å². The van der Waals surface area contributed by atoms with E-state index >= 15 is 0 Å². The van der Waals surface area contributed by atoms with Crippen molar-refractivity contribution in [2.45, 2.75) is 18.8 Å². The summed E-state index contributed by atoms with van der Waals surface area (Å²) in [6, 6.07) is 13.8. The SMILES string of the molecule is N#Cc1cc(-c2ccccc2)nc(C2CC2)n1. The van der Waals surface area contributed by atoms with Crippen molar-refractivity contribution in [3.05, 3.63) is 47.9 Å². The third-order valence-corrected chi connectivity index (χ3v) is 2.87. The largest absolute Gasteiger partial charge is 0.233 e. The van der Waals surface area contributed by atoms with Crippen molar-refractivity contribution >= 4 is 0 Å². The van der Waals surface area contributed by atoms with Crippen LogP contribution < -0.4 is 0 Å². The third-order valence-electron chi connectivity index (χ3n) is 2.87. The monoisotopic (exact) mass is 221 g/mol. The smallest absolute Gasteiger partial charge is 0.144 e. The summed E-state index contributed by atoms with van der Waals surface area (Å²) >= 11 is 0. The van der Waals surface area contributed by atoms with Crippen LogP contribution in [0.15, 0.2) is 36.4 Å². The zero-order chi connectivity index (χ0) is 11.7. The van der Waals surface area contributed by atoms with Crippen LogP contribution in [0.25, 0.3) is 11.3 Å². The number of nitriles is 1. The summed E-state index contributed by atoms with van der Waals surface area (Å²) in [5.41, 5.74) is 2.34. The van der Waals surface area contributed by atoms with Crippen molar-refractivity contribution in [2.24, 2.45) is 0 Å². The van der Waals surface area contributed by atoms with Gasteiger partial charge in [-0.2, -0.15) is 5.26 Å². The minimum absolute atomic E-state index is 0.459. The molecule has 0 atom stereocenters. The first-order valence-electron chi connectivity index (χ1n) is 5.71. The highest BCUT2D eigenvalue weighted by Crippen LogP contribution is 2.38. The Morgan fingerprint density at radius 2 is 1.88 bits per heavy atom. The second-order valence-corrected chi connectivity index (χ2v) is 4.25. The third kappa shape index (κ3) is 2.02. The van der Waals surface area contributed by atoms with E-state index in [0.29, 0.717) is 11.6 Å². The minimum atomic E-state index is 0.459. The normalized spacial score (nSPS) is 14.3. The maximum atomic E-state index is 9.00. The molecular weight excluding hydrogens is 210 g/mol. The van der Waals surface area contributed by atoms with Crippen molar-refractivity contribution in [3.63, 3.8) is 0 Å². The highest BCUT2D eigenvalue weighted by atomic mass is 14.9. The minimum Gasteiger partial charge on any atom is -0.233 e. The Kier molecular flexibility index (Phi) is 2.34. The molecule has 0 N–H and O–H groups in total. The van der Waals surface area contributed by atoms with Crippen molar-refractivity contribution in [1.82, 2.24) is 9.97 Å². The summed E-state index contributed by atoms with van der Waals surface area (Å²) in [6.07, 6.45) is 2.28.